The number of rotatable bonds is 41. The molecule has 6 nitrogen and oxygen atoms in total. The third kappa shape index (κ3) is 38.4. The minimum absolute atomic E-state index is 0.0451. The number of esters is 1. The van der Waals surface area contributed by atoms with E-state index >= 15 is 0 Å². The van der Waals surface area contributed by atoms with Gasteiger partial charge in [0.15, 0.2) is 0 Å². The highest BCUT2D eigenvalue weighted by atomic mass is 16.5. The van der Waals surface area contributed by atoms with Crippen molar-refractivity contribution in [1.82, 2.24) is 5.32 Å². The Kier molecular flexibility index (Phi) is 41.8. The lowest BCUT2D eigenvalue weighted by Crippen LogP contribution is -2.46. The molecule has 6 heteroatoms. The van der Waals surface area contributed by atoms with Gasteiger partial charge in [0.1, 0.15) is 6.10 Å². The molecule has 1 amide bonds. The Morgan fingerprint density at radius 2 is 0.929 bits per heavy atom. The molecule has 56 heavy (non-hydrogen) atoms. The van der Waals surface area contributed by atoms with Crippen LogP contribution < -0.4 is 5.32 Å². The molecule has 0 fully saturated rings. The number of hydrogen-bond acceptors (Lipinski definition) is 5. The molecule has 3 unspecified atom stereocenters. The summed E-state index contributed by atoms with van der Waals surface area (Å²) in [5, 5.41) is 23.6. The van der Waals surface area contributed by atoms with Gasteiger partial charge in [-0.15, -0.1) is 0 Å². The zero-order chi connectivity index (χ0) is 41.0. The lowest BCUT2D eigenvalue weighted by Gasteiger charge is -2.23. The minimum atomic E-state index is -0.817. The first-order valence-electron chi connectivity index (χ1n) is 23.5. The maximum Gasteiger partial charge on any atom is 0.306 e. The number of aliphatic hydroxyl groups excluding tert-OH is 2. The van der Waals surface area contributed by atoms with Crippen molar-refractivity contribution in [2.45, 2.75) is 238 Å². The van der Waals surface area contributed by atoms with Crippen molar-refractivity contribution in [3.63, 3.8) is 0 Å². The summed E-state index contributed by atoms with van der Waals surface area (Å²) >= 11 is 0. The largest absolute Gasteiger partial charge is 0.458 e. The summed E-state index contributed by atoms with van der Waals surface area (Å²) in [6, 6.07) is -0.740. The number of allylic oxidation sites excluding steroid dienone is 9. The van der Waals surface area contributed by atoms with Crippen LogP contribution in [0.15, 0.2) is 60.8 Å². The lowest BCUT2D eigenvalue weighted by molar-refractivity contribution is -0.148. The number of amides is 1. The third-order valence-electron chi connectivity index (χ3n) is 10.4. The van der Waals surface area contributed by atoms with Crippen LogP contribution in [0.4, 0.5) is 0 Å². The van der Waals surface area contributed by atoms with Crippen LogP contribution in [0.1, 0.15) is 220 Å². The van der Waals surface area contributed by atoms with Crippen LogP contribution in [0, 0.1) is 0 Å². The summed E-state index contributed by atoms with van der Waals surface area (Å²) < 4.78 is 5.79. The summed E-state index contributed by atoms with van der Waals surface area (Å²) in [6.45, 7) is 6.31. The van der Waals surface area contributed by atoms with Crippen LogP contribution in [0.5, 0.6) is 0 Å². The summed E-state index contributed by atoms with van der Waals surface area (Å²) in [5.74, 6) is -0.628. The van der Waals surface area contributed by atoms with Gasteiger partial charge in [-0.05, 0) is 51.0 Å². The molecule has 0 saturated heterocycles. The Hall–Kier alpha value is -2.44. The van der Waals surface area contributed by atoms with E-state index in [0.717, 1.165) is 64.2 Å². The van der Waals surface area contributed by atoms with Crippen LogP contribution in [-0.2, 0) is 14.3 Å². The SMILES string of the molecule is CC/C=C/C/C=C/C/C=C/C/C=C/C/C=C/C(CC(=O)NC(CO)C(O)CCCCCCCCCCCCCC)OC(=O)CCCCCCCCCCCCC. The predicted octanol–water partition coefficient (Wildman–Crippen LogP) is 13.7. The van der Waals surface area contributed by atoms with Gasteiger partial charge in [-0.1, -0.05) is 217 Å². The second-order valence-corrected chi connectivity index (χ2v) is 15.8. The summed E-state index contributed by atoms with van der Waals surface area (Å²) in [6.07, 6.45) is 53.1. The monoisotopic (exact) mass is 784 g/mol. The Bertz CT molecular complexity index is 1010. The topological polar surface area (TPSA) is 95.9 Å². The molecule has 0 aromatic heterocycles. The number of unbranched alkanes of at least 4 members (excludes halogenated alkanes) is 21. The molecule has 324 valence electrons. The average molecular weight is 784 g/mol. The van der Waals surface area contributed by atoms with E-state index in [-0.39, 0.29) is 24.9 Å². The van der Waals surface area contributed by atoms with E-state index in [4.69, 9.17) is 4.74 Å². The van der Waals surface area contributed by atoms with E-state index in [1.807, 2.05) is 6.08 Å². The van der Waals surface area contributed by atoms with Gasteiger partial charge in [0.2, 0.25) is 5.91 Å². The first kappa shape index (κ1) is 53.6. The van der Waals surface area contributed by atoms with E-state index in [2.05, 4.69) is 74.7 Å². The van der Waals surface area contributed by atoms with Crippen molar-refractivity contribution in [2.75, 3.05) is 6.61 Å². The first-order valence-corrected chi connectivity index (χ1v) is 23.5. The molecule has 0 radical (unpaired) electrons. The van der Waals surface area contributed by atoms with Crippen LogP contribution in [-0.4, -0.2) is 46.9 Å². The number of ether oxygens (including phenoxy) is 1. The quantitative estimate of drug-likeness (QED) is 0.0326. The molecule has 0 aliphatic rings. The van der Waals surface area contributed by atoms with Crippen LogP contribution in [0.3, 0.4) is 0 Å². The molecule has 3 N–H and O–H groups in total. The van der Waals surface area contributed by atoms with Gasteiger partial charge in [-0.3, -0.25) is 9.59 Å². The fraction of sp³-hybridized carbons (Fsp3) is 0.760. The van der Waals surface area contributed by atoms with Crippen molar-refractivity contribution in [3.8, 4) is 0 Å². The molecule has 0 aliphatic heterocycles. The predicted molar refractivity (Wildman–Crippen MR) is 241 cm³/mol. The normalized spacial score (nSPS) is 13.9. The van der Waals surface area contributed by atoms with Gasteiger partial charge in [0.25, 0.3) is 0 Å². The van der Waals surface area contributed by atoms with Crippen molar-refractivity contribution < 1.29 is 24.5 Å². The van der Waals surface area contributed by atoms with Crippen molar-refractivity contribution in [1.29, 1.82) is 0 Å². The van der Waals surface area contributed by atoms with Crippen LogP contribution >= 0.6 is 0 Å². The van der Waals surface area contributed by atoms with Gasteiger partial charge in [0, 0.05) is 6.42 Å². The Balaban J connectivity index is 4.76. The molecule has 0 saturated carbocycles. The molecule has 0 aliphatic carbocycles. The van der Waals surface area contributed by atoms with E-state index in [9.17, 15) is 19.8 Å². The molecule has 0 spiro atoms. The maximum atomic E-state index is 13.1. The fourth-order valence-electron chi connectivity index (χ4n) is 6.80. The molecular weight excluding hydrogens is 695 g/mol. The number of hydrogen-bond donors (Lipinski definition) is 3. The highest BCUT2D eigenvalue weighted by molar-refractivity contribution is 5.78. The first-order chi connectivity index (χ1) is 27.5. The van der Waals surface area contributed by atoms with E-state index in [1.54, 1.807) is 6.08 Å². The summed E-state index contributed by atoms with van der Waals surface area (Å²) in [7, 11) is 0. The summed E-state index contributed by atoms with van der Waals surface area (Å²) in [4.78, 5) is 25.9. The molecule has 3 atom stereocenters. The Labute approximate surface area is 346 Å². The average Bonchev–Trinajstić information content (AvgIpc) is 3.19. The van der Waals surface area contributed by atoms with Crippen molar-refractivity contribution >= 4 is 11.9 Å². The second-order valence-electron chi connectivity index (χ2n) is 15.8. The number of aliphatic hydroxyl groups is 2. The number of nitrogens with one attached hydrogen (secondary N) is 1. The zero-order valence-electron chi connectivity index (χ0n) is 36.8. The Morgan fingerprint density at radius 1 is 0.536 bits per heavy atom. The number of carbonyl (C=O) groups is 2. The third-order valence-corrected chi connectivity index (χ3v) is 10.4. The fourth-order valence-corrected chi connectivity index (χ4v) is 6.80. The van der Waals surface area contributed by atoms with E-state index in [1.165, 1.54) is 109 Å². The van der Waals surface area contributed by atoms with Gasteiger partial charge < -0.3 is 20.3 Å². The summed E-state index contributed by atoms with van der Waals surface area (Å²) in [5.41, 5.74) is 0. The van der Waals surface area contributed by atoms with E-state index < -0.39 is 18.2 Å². The molecular formula is C50H89NO5. The van der Waals surface area contributed by atoms with Gasteiger partial charge in [-0.2, -0.15) is 0 Å². The highest BCUT2D eigenvalue weighted by Crippen LogP contribution is 2.16. The molecule has 0 rings (SSSR count). The molecule has 0 aromatic carbocycles. The maximum absolute atomic E-state index is 13.1. The standard InChI is InChI=1S/C50H89NO5/c1-4-7-10-13-16-19-22-24-25-27-29-32-35-38-41-46(56-50(55)43-40-37-34-31-26-21-18-15-12-9-6-3)44-49(54)51-47(45-52)48(53)42-39-36-33-30-28-23-20-17-14-11-8-5-2/h7,10,16,19,24-25,29,32,38,41,46-48,52-53H,4-6,8-9,11-15,17-18,20-23,26-28,30-31,33-37,39-40,42-45H2,1-3H3,(H,51,54)/b10-7+,19-16+,25-24+,32-29+,41-38+. The van der Waals surface area contributed by atoms with Gasteiger partial charge in [-0.25, -0.2) is 0 Å². The van der Waals surface area contributed by atoms with Gasteiger partial charge in [0.05, 0.1) is 25.2 Å². The highest BCUT2D eigenvalue weighted by Gasteiger charge is 2.23. The van der Waals surface area contributed by atoms with Crippen LogP contribution in [0.25, 0.3) is 0 Å². The van der Waals surface area contributed by atoms with Crippen molar-refractivity contribution in [2.24, 2.45) is 0 Å². The molecule has 0 aromatic rings. The Morgan fingerprint density at radius 3 is 1.36 bits per heavy atom. The lowest BCUT2D eigenvalue weighted by atomic mass is 10.0. The van der Waals surface area contributed by atoms with E-state index in [0.29, 0.717) is 19.3 Å². The van der Waals surface area contributed by atoms with Gasteiger partial charge >= 0.3 is 5.97 Å². The number of carbonyl (C=O) groups excluding carboxylic acids is 2. The zero-order valence-corrected chi connectivity index (χ0v) is 36.8. The second kappa shape index (κ2) is 43.7. The van der Waals surface area contributed by atoms with Crippen molar-refractivity contribution in [3.05, 3.63) is 60.8 Å². The molecule has 0 bridgehead atoms. The van der Waals surface area contributed by atoms with Crippen LogP contribution in [0.2, 0.25) is 0 Å². The smallest absolute Gasteiger partial charge is 0.306 e. The molecule has 0 heterocycles. The minimum Gasteiger partial charge on any atom is -0.458 e.